The molecule has 0 fully saturated rings. The molecule has 0 aliphatic rings. The lowest BCUT2D eigenvalue weighted by atomic mass is 10.1. The van der Waals surface area contributed by atoms with Crippen LogP contribution in [0.5, 0.6) is 0 Å². The Kier molecular flexibility index (Phi) is 6.65. The first kappa shape index (κ1) is 20.6. The lowest BCUT2D eigenvalue weighted by molar-refractivity contribution is -0.118. The van der Waals surface area contributed by atoms with Gasteiger partial charge in [-0.05, 0) is 48.9 Å². The van der Waals surface area contributed by atoms with Crippen molar-refractivity contribution in [1.82, 2.24) is 4.98 Å². The third-order valence-electron chi connectivity index (χ3n) is 3.98. The highest BCUT2D eigenvalue weighted by atomic mass is 35.5. The molecule has 2 aromatic carbocycles. The van der Waals surface area contributed by atoms with Gasteiger partial charge in [0.2, 0.25) is 0 Å². The van der Waals surface area contributed by atoms with Crippen LogP contribution in [0.2, 0.25) is 10.2 Å². The first-order valence-corrected chi connectivity index (χ1v) is 9.46. The Morgan fingerprint density at radius 3 is 2.34 bits per heavy atom. The number of halogens is 2. The Bertz CT molecular complexity index is 1080. The molecule has 2 amide bonds. The molecule has 5 nitrogen and oxygen atoms in total. The number of aryl methyl sites for hydroxylation is 1. The maximum Gasteiger partial charge on any atom is 0.261 e. The summed E-state index contributed by atoms with van der Waals surface area (Å²) in [6, 6.07) is 17.4. The highest BCUT2D eigenvalue weighted by Crippen LogP contribution is 2.24. The van der Waals surface area contributed by atoms with Gasteiger partial charge in [-0.25, -0.2) is 4.98 Å². The first-order chi connectivity index (χ1) is 13.9. The summed E-state index contributed by atoms with van der Waals surface area (Å²) in [6.07, 6.45) is 2.92. The quantitative estimate of drug-likeness (QED) is 0.250. The molecule has 0 aliphatic carbocycles. The van der Waals surface area contributed by atoms with Crippen LogP contribution in [0.4, 0.5) is 11.4 Å². The molecule has 146 valence electrons. The number of benzene rings is 2. The molecule has 0 unspecified atom stereocenters. The number of pyridine rings is 1. The van der Waals surface area contributed by atoms with Crippen molar-refractivity contribution >= 4 is 52.5 Å². The molecule has 0 saturated carbocycles. The number of hydrogen-bond acceptors (Lipinski definition) is 3. The van der Waals surface area contributed by atoms with Crippen LogP contribution in [-0.2, 0) is 9.59 Å². The average Bonchev–Trinajstić information content (AvgIpc) is 2.70. The van der Waals surface area contributed by atoms with Crippen LogP contribution in [-0.4, -0.2) is 16.8 Å². The lowest BCUT2D eigenvalue weighted by Gasteiger charge is -2.12. The summed E-state index contributed by atoms with van der Waals surface area (Å²) in [7, 11) is 0. The number of amides is 2. The van der Waals surface area contributed by atoms with Gasteiger partial charge in [-0.3, -0.25) is 9.59 Å². The van der Waals surface area contributed by atoms with E-state index in [1.54, 1.807) is 48.5 Å². The summed E-state index contributed by atoms with van der Waals surface area (Å²) in [5.74, 6) is -1.21. The SMILES string of the molecule is Cc1ccc(NC(=O)/C(=C/c2cccnc2Cl)C(=O)Nc2ccccc2)c(Cl)c1. The number of nitrogens with one attached hydrogen (secondary N) is 2. The van der Waals surface area contributed by atoms with Gasteiger partial charge >= 0.3 is 0 Å². The molecule has 0 bridgehead atoms. The fourth-order valence-electron chi connectivity index (χ4n) is 2.53. The second kappa shape index (κ2) is 9.37. The van der Waals surface area contributed by atoms with Crippen LogP contribution in [0.15, 0.2) is 72.4 Å². The highest BCUT2D eigenvalue weighted by molar-refractivity contribution is 6.35. The highest BCUT2D eigenvalue weighted by Gasteiger charge is 2.20. The monoisotopic (exact) mass is 425 g/mol. The van der Waals surface area contributed by atoms with Gasteiger partial charge in [0.1, 0.15) is 10.7 Å². The molecule has 29 heavy (non-hydrogen) atoms. The van der Waals surface area contributed by atoms with Crippen LogP contribution in [0.1, 0.15) is 11.1 Å². The summed E-state index contributed by atoms with van der Waals surface area (Å²) in [4.78, 5) is 29.8. The van der Waals surface area contributed by atoms with Gasteiger partial charge in [0.25, 0.3) is 11.8 Å². The fourth-order valence-corrected chi connectivity index (χ4v) is 2.98. The van der Waals surface area contributed by atoms with E-state index in [1.165, 1.54) is 12.3 Å². The van der Waals surface area contributed by atoms with Crippen molar-refractivity contribution in [2.45, 2.75) is 6.92 Å². The standard InChI is InChI=1S/C22H17Cl2N3O2/c1-14-9-10-19(18(23)12-14)27-22(29)17(13-15-6-5-11-25-20(15)24)21(28)26-16-7-3-2-4-8-16/h2-13H,1H3,(H,26,28)(H,27,29)/b17-13+. The Morgan fingerprint density at radius 1 is 0.931 bits per heavy atom. The predicted molar refractivity (Wildman–Crippen MR) is 117 cm³/mol. The fraction of sp³-hybridized carbons (Fsp3) is 0.0455. The average molecular weight is 426 g/mol. The normalized spacial score (nSPS) is 11.1. The first-order valence-electron chi connectivity index (χ1n) is 8.70. The minimum Gasteiger partial charge on any atom is -0.322 e. The minimum atomic E-state index is -0.621. The summed E-state index contributed by atoms with van der Waals surface area (Å²) < 4.78 is 0. The van der Waals surface area contributed by atoms with E-state index < -0.39 is 11.8 Å². The Hall–Kier alpha value is -3.15. The van der Waals surface area contributed by atoms with Crippen molar-refractivity contribution in [3.63, 3.8) is 0 Å². The molecule has 0 aliphatic heterocycles. The Morgan fingerprint density at radius 2 is 1.66 bits per heavy atom. The minimum absolute atomic E-state index is 0.139. The van der Waals surface area contributed by atoms with Gasteiger partial charge < -0.3 is 10.6 Å². The molecule has 0 saturated heterocycles. The van der Waals surface area contributed by atoms with E-state index in [9.17, 15) is 9.59 Å². The van der Waals surface area contributed by atoms with Gasteiger partial charge in [-0.2, -0.15) is 0 Å². The smallest absolute Gasteiger partial charge is 0.261 e. The molecule has 2 N–H and O–H groups in total. The number of hydrogen-bond donors (Lipinski definition) is 2. The second-order valence-corrected chi connectivity index (χ2v) is 6.96. The molecule has 3 rings (SSSR count). The van der Waals surface area contributed by atoms with Crippen molar-refractivity contribution in [1.29, 1.82) is 0 Å². The van der Waals surface area contributed by atoms with Crippen LogP contribution in [0.25, 0.3) is 6.08 Å². The zero-order valence-corrected chi connectivity index (χ0v) is 17.0. The number of nitrogens with zero attached hydrogens (tertiary/aromatic N) is 1. The topological polar surface area (TPSA) is 71.1 Å². The number of carbonyl (C=O) groups excluding carboxylic acids is 2. The van der Waals surface area contributed by atoms with Crippen LogP contribution >= 0.6 is 23.2 Å². The zero-order valence-electron chi connectivity index (χ0n) is 15.4. The molecular weight excluding hydrogens is 409 g/mol. The Balaban J connectivity index is 1.94. The van der Waals surface area contributed by atoms with E-state index in [4.69, 9.17) is 23.2 Å². The van der Waals surface area contributed by atoms with E-state index in [0.29, 0.717) is 22.0 Å². The Labute approximate surface area is 178 Å². The third-order valence-corrected chi connectivity index (χ3v) is 4.61. The molecule has 7 heteroatoms. The zero-order chi connectivity index (χ0) is 20.8. The summed E-state index contributed by atoms with van der Waals surface area (Å²) >= 11 is 12.3. The van der Waals surface area contributed by atoms with Crippen molar-refractivity contribution in [3.05, 3.63) is 93.7 Å². The summed E-state index contributed by atoms with van der Waals surface area (Å²) in [6.45, 7) is 1.89. The number of carbonyl (C=O) groups is 2. The van der Waals surface area contributed by atoms with Gasteiger partial charge in [-0.15, -0.1) is 0 Å². The number of rotatable bonds is 5. The summed E-state index contributed by atoms with van der Waals surface area (Å²) in [5, 5.41) is 5.94. The molecule has 1 aromatic heterocycles. The van der Waals surface area contributed by atoms with Crippen LogP contribution < -0.4 is 10.6 Å². The van der Waals surface area contributed by atoms with Gasteiger partial charge in [0, 0.05) is 17.4 Å². The maximum atomic E-state index is 12.9. The molecule has 1 heterocycles. The number of aromatic nitrogens is 1. The van der Waals surface area contributed by atoms with Gasteiger partial charge in [0.15, 0.2) is 0 Å². The predicted octanol–water partition coefficient (Wildman–Crippen LogP) is 5.36. The summed E-state index contributed by atoms with van der Waals surface area (Å²) in [5.41, 5.74) is 2.21. The second-order valence-electron chi connectivity index (χ2n) is 6.20. The molecule has 0 atom stereocenters. The van der Waals surface area contributed by atoms with Crippen LogP contribution in [0.3, 0.4) is 0 Å². The van der Waals surface area contributed by atoms with Crippen molar-refractivity contribution in [3.8, 4) is 0 Å². The maximum absolute atomic E-state index is 12.9. The number of para-hydroxylation sites is 1. The molecule has 0 radical (unpaired) electrons. The largest absolute Gasteiger partial charge is 0.322 e. The molecule has 3 aromatic rings. The lowest BCUT2D eigenvalue weighted by Crippen LogP contribution is -2.25. The van der Waals surface area contributed by atoms with Crippen molar-refractivity contribution in [2.24, 2.45) is 0 Å². The van der Waals surface area contributed by atoms with E-state index >= 15 is 0 Å². The van der Waals surface area contributed by atoms with E-state index in [1.807, 2.05) is 19.1 Å². The number of anilines is 2. The van der Waals surface area contributed by atoms with Crippen molar-refractivity contribution in [2.75, 3.05) is 10.6 Å². The van der Waals surface area contributed by atoms with E-state index in [0.717, 1.165) is 5.56 Å². The van der Waals surface area contributed by atoms with Gasteiger partial charge in [0.05, 0.1) is 10.7 Å². The third kappa shape index (κ3) is 5.44. The van der Waals surface area contributed by atoms with Gasteiger partial charge in [-0.1, -0.05) is 53.5 Å². The molecular formula is C22H17Cl2N3O2. The van der Waals surface area contributed by atoms with E-state index in [2.05, 4.69) is 15.6 Å². The molecule has 0 spiro atoms. The van der Waals surface area contributed by atoms with E-state index in [-0.39, 0.29) is 10.7 Å². The van der Waals surface area contributed by atoms with Crippen molar-refractivity contribution < 1.29 is 9.59 Å². The van der Waals surface area contributed by atoms with Crippen LogP contribution in [0, 0.1) is 6.92 Å².